The molecular weight excluding hydrogens is 488 g/mol. The molecule has 0 saturated heterocycles. The minimum atomic E-state index is -1.19. The molecule has 0 N–H and O–H groups in total. The molecule has 0 unspecified atom stereocenters. The van der Waals surface area contributed by atoms with Gasteiger partial charge in [0.1, 0.15) is 22.6 Å². The number of hydrogen-bond donors (Lipinski definition) is 0. The highest BCUT2D eigenvalue weighted by molar-refractivity contribution is 5.96. The number of nitrogens with zero attached hydrogens (tertiary/aromatic N) is 4. The van der Waals surface area contributed by atoms with E-state index in [9.17, 15) is 50.0 Å². The van der Waals surface area contributed by atoms with E-state index < -0.39 is 65.5 Å². The second-order valence-corrected chi connectivity index (χ2v) is 6.68. The Morgan fingerprint density at radius 3 is 1.14 bits per heavy atom. The van der Waals surface area contributed by atoms with Gasteiger partial charge in [0, 0.05) is 12.1 Å². The van der Waals surface area contributed by atoms with Gasteiger partial charge >= 0.3 is 11.9 Å². The molecule has 0 amide bonds. The molecule has 0 radical (unpaired) electrons. The van der Waals surface area contributed by atoms with Crippen LogP contribution in [0, 0.1) is 40.5 Å². The average Bonchev–Trinajstić information content (AvgIpc) is 2.84. The molecule has 0 bridgehead atoms. The highest BCUT2D eigenvalue weighted by Crippen LogP contribution is 2.28. The van der Waals surface area contributed by atoms with Crippen molar-refractivity contribution in [2.75, 3.05) is 0 Å². The zero-order chi connectivity index (χ0) is 26.6. The van der Waals surface area contributed by atoms with Gasteiger partial charge in [-0.15, -0.1) is 0 Å². The van der Waals surface area contributed by atoms with Crippen LogP contribution >= 0.6 is 0 Å². The van der Waals surface area contributed by atoms with Crippen molar-refractivity contribution in [3.8, 4) is 11.5 Å². The summed E-state index contributed by atoms with van der Waals surface area (Å²) in [5.74, 6) is -2.67. The van der Waals surface area contributed by atoms with Crippen LogP contribution in [-0.4, -0.2) is 31.6 Å². The van der Waals surface area contributed by atoms with Crippen molar-refractivity contribution < 1.29 is 38.8 Å². The van der Waals surface area contributed by atoms with Crippen molar-refractivity contribution in [2.24, 2.45) is 0 Å². The molecule has 3 aromatic rings. The largest absolute Gasteiger partial charge is 0.423 e. The maximum absolute atomic E-state index is 12.4. The van der Waals surface area contributed by atoms with E-state index in [1.807, 2.05) is 0 Å². The Bertz CT molecular complexity index is 1330. The van der Waals surface area contributed by atoms with Gasteiger partial charge in [0.2, 0.25) is 0 Å². The zero-order valence-corrected chi connectivity index (χ0v) is 17.5. The molecule has 36 heavy (non-hydrogen) atoms. The molecule has 0 atom stereocenters. The fourth-order valence-corrected chi connectivity index (χ4v) is 2.81. The van der Waals surface area contributed by atoms with Crippen LogP contribution in [0.2, 0.25) is 0 Å². The highest BCUT2D eigenvalue weighted by Gasteiger charge is 2.27. The van der Waals surface area contributed by atoms with Crippen molar-refractivity contribution in [3.63, 3.8) is 0 Å². The standard InChI is InChI=1S/C20H10N4O12/c25-19(15-7-1-11(21(27)28)9-17(15)23(31)32)35-13-3-5-14(6-4-13)36-20(26)16-8-2-12(22(29)30)10-18(16)24(33)34/h1-10H. The average molecular weight is 498 g/mol. The van der Waals surface area contributed by atoms with Crippen LogP contribution in [-0.2, 0) is 0 Å². The van der Waals surface area contributed by atoms with E-state index in [2.05, 4.69) is 0 Å². The van der Waals surface area contributed by atoms with Gasteiger partial charge in [0.05, 0.1) is 31.8 Å². The number of rotatable bonds is 8. The Kier molecular flexibility index (Phi) is 6.90. The molecule has 0 aliphatic carbocycles. The summed E-state index contributed by atoms with van der Waals surface area (Å²) in [5, 5.41) is 44.0. The van der Waals surface area contributed by atoms with Crippen LogP contribution < -0.4 is 9.47 Å². The van der Waals surface area contributed by atoms with Crippen LogP contribution in [0.3, 0.4) is 0 Å². The first-order valence-electron chi connectivity index (χ1n) is 9.38. The third kappa shape index (κ3) is 5.39. The van der Waals surface area contributed by atoms with Crippen molar-refractivity contribution >= 4 is 34.7 Å². The summed E-state index contributed by atoms with van der Waals surface area (Å²) < 4.78 is 10.0. The van der Waals surface area contributed by atoms with Gasteiger partial charge in [0.25, 0.3) is 22.7 Å². The van der Waals surface area contributed by atoms with Gasteiger partial charge < -0.3 is 9.47 Å². The van der Waals surface area contributed by atoms with Crippen molar-refractivity contribution in [1.82, 2.24) is 0 Å². The van der Waals surface area contributed by atoms with Crippen LogP contribution in [0.25, 0.3) is 0 Å². The van der Waals surface area contributed by atoms with Gasteiger partial charge in [0.15, 0.2) is 0 Å². The number of carbonyl (C=O) groups is 2. The monoisotopic (exact) mass is 498 g/mol. The first-order chi connectivity index (χ1) is 17.0. The van der Waals surface area contributed by atoms with E-state index in [1.54, 1.807) is 0 Å². The molecular formula is C20H10N4O12. The molecule has 3 rings (SSSR count). The van der Waals surface area contributed by atoms with E-state index in [1.165, 1.54) is 0 Å². The number of hydrogen-bond acceptors (Lipinski definition) is 12. The first-order valence-corrected chi connectivity index (χ1v) is 9.38. The van der Waals surface area contributed by atoms with E-state index in [-0.39, 0.29) is 11.5 Å². The number of nitro benzene ring substituents is 4. The Morgan fingerprint density at radius 1 is 0.528 bits per heavy atom. The number of esters is 2. The Labute approximate surface area is 197 Å². The maximum atomic E-state index is 12.4. The summed E-state index contributed by atoms with van der Waals surface area (Å²) in [4.78, 5) is 65.0. The SMILES string of the molecule is O=C(Oc1ccc(OC(=O)c2ccc([N+](=O)[O-])cc2[N+](=O)[O-])cc1)c1ccc([N+](=O)[O-])cc1[N+](=O)[O-]. The topological polar surface area (TPSA) is 225 Å². The quantitative estimate of drug-likeness (QED) is 0.187. The normalized spacial score (nSPS) is 10.2. The summed E-state index contributed by atoms with van der Waals surface area (Å²) in [6.07, 6.45) is 0. The molecule has 16 nitrogen and oxygen atoms in total. The van der Waals surface area contributed by atoms with Gasteiger partial charge in [-0.05, 0) is 36.4 Å². The smallest absolute Gasteiger partial charge is 0.350 e. The first kappa shape index (κ1) is 24.8. The lowest BCUT2D eigenvalue weighted by molar-refractivity contribution is -0.394. The van der Waals surface area contributed by atoms with Gasteiger partial charge in [-0.1, -0.05) is 0 Å². The third-order valence-electron chi connectivity index (χ3n) is 4.46. The highest BCUT2D eigenvalue weighted by atomic mass is 16.6. The van der Waals surface area contributed by atoms with Crippen LogP contribution in [0.5, 0.6) is 11.5 Å². The lowest BCUT2D eigenvalue weighted by atomic mass is 10.1. The lowest BCUT2D eigenvalue weighted by Crippen LogP contribution is -2.12. The molecule has 0 aliphatic rings. The molecule has 16 heteroatoms. The Morgan fingerprint density at radius 2 is 0.861 bits per heavy atom. The number of ether oxygens (including phenoxy) is 2. The number of non-ortho nitro benzene ring substituents is 2. The van der Waals surface area contributed by atoms with Gasteiger partial charge in [-0.3, -0.25) is 40.5 Å². The summed E-state index contributed by atoms with van der Waals surface area (Å²) in [7, 11) is 0. The van der Waals surface area contributed by atoms with E-state index >= 15 is 0 Å². The molecule has 0 aliphatic heterocycles. The van der Waals surface area contributed by atoms with Crippen LogP contribution in [0.1, 0.15) is 20.7 Å². The number of benzene rings is 3. The predicted molar refractivity (Wildman–Crippen MR) is 116 cm³/mol. The summed E-state index contributed by atoms with van der Waals surface area (Å²) in [6, 6.07) is 9.30. The molecule has 0 spiro atoms. The molecule has 3 aromatic carbocycles. The molecule has 182 valence electrons. The van der Waals surface area contributed by atoms with Gasteiger partial charge in [-0.25, -0.2) is 9.59 Å². The van der Waals surface area contributed by atoms with E-state index in [0.29, 0.717) is 12.1 Å². The van der Waals surface area contributed by atoms with Crippen LogP contribution in [0.15, 0.2) is 60.7 Å². The summed E-state index contributed by atoms with van der Waals surface area (Å²) in [5.41, 5.74) is -3.98. The van der Waals surface area contributed by atoms with E-state index in [4.69, 9.17) is 9.47 Å². The number of nitro groups is 4. The minimum absolute atomic E-state index is 0.145. The minimum Gasteiger partial charge on any atom is -0.423 e. The summed E-state index contributed by atoms with van der Waals surface area (Å²) in [6.45, 7) is 0. The molecule has 0 heterocycles. The number of carbonyl (C=O) groups excluding carboxylic acids is 2. The lowest BCUT2D eigenvalue weighted by Gasteiger charge is -2.07. The fourth-order valence-electron chi connectivity index (χ4n) is 2.81. The molecule has 0 saturated carbocycles. The summed E-state index contributed by atoms with van der Waals surface area (Å²) >= 11 is 0. The van der Waals surface area contributed by atoms with E-state index in [0.717, 1.165) is 48.5 Å². The second-order valence-electron chi connectivity index (χ2n) is 6.68. The molecule has 0 aromatic heterocycles. The van der Waals surface area contributed by atoms with Crippen molar-refractivity contribution in [1.29, 1.82) is 0 Å². The fraction of sp³-hybridized carbons (Fsp3) is 0. The zero-order valence-electron chi connectivity index (χ0n) is 17.5. The maximum Gasteiger partial charge on any atom is 0.350 e. The third-order valence-corrected chi connectivity index (χ3v) is 4.46. The Hall–Kier alpha value is -5.80. The second kappa shape index (κ2) is 10.00. The molecule has 0 fully saturated rings. The van der Waals surface area contributed by atoms with Crippen molar-refractivity contribution in [3.05, 3.63) is 112 Å². The van der Waals surface area contributed by atoms with Crippen LogP contribution in [0.4, 0.5) is 22.7 Å². The van der Waals surface area contributed by atoms with Crippen molar-refractivity contribution in [2.45, 2.75) is 0 Å². The predicted octanol–water partition coefficient (Wildman–Crippen LogP) is 3.76. The van der Waals surface area contributed by atoms with Gasteiger partial charge in [-0.2, -0.15) is 0 Å². The Balaban J connectivity index is 1.76.